The van der Waals surface area contributed by atoms with Gasteiger partial charge in [0.15, 0.2) is 0 Å². The first-order chi connectivity index (χ1) is 10.8. The number of rotatable bonds is 3. The Hall–Kier alpha value is -1.83. The number of likely N-dealkylation sites (tertiary alicyclic amines) is 1. The van der Waals surface area contributed by atoms with Gasteiger partial charge in [0.05, 0.1) is 19.8 Å². The number of benzene rings is 1. The zero-order chi connectivity index (χ0) is 17.2. The second-order valence-corrected chi connectivity index (χ2v) is 5.48. The molecule has 1 heterocycles. The van der Waals surface area contributed by atoms with Crippen LogP contribution in [0.2, 0.25) is 0 Å². The predicted molar refractivity (Wildman–Crippen MR) is 81.4 cm³/mol. The number of hydrogen-bond acceptors (Lipinski definition) is 4. The standard InChI is InChI=1S/C15H16F3NO3S/c1-21-12-6-5-9(8-10(12)15(16,17)18)13(23)19-7-3-4-11(19)14(20)22-2/h5-6,8,11H,3-4,7H2,1-2H3/t11-/m1/s1. The summed E-state index contributed by atoms with van der Waals surface area (Å²) in [5.41, 5.74) is -0.669. The number of nitrogens with zero attached hydrogens (tertiary/aromatic N) is 1. The summed E-state index contributed by atoms with van der Waals surface area (Å²) in [5.74, 6) is -0.704. The Morgan fingerprint density at radius 1 is 1.35 bits per heavy atom. The van der Waals surface area contributed by atoms with E-state index in [0.717, 1.165) is 12.5 Å². The van der Waals surface area contributed by atoms with Gasteiger partial charge in [0, 0.05) is 12.1 Å². The third-order valence-electron chi connectivity index (χ3n) is 3.74. The summed E-state index contributed by atoms with van der Waals surface area (Å²) in [5, 5.41) is 0. The molecule has 2 rings (SSSR count). The number of carbonyl (C=O) groups excluding carboxylic acids is 1. The lowest BCUT2D eigenvalue weighted by molar-refractivity contribution is -0.144. The highest BCUT2D eigenvalue weighted by atomic mass is 32.1. The number of hydrogen-bond donors (Lipinski definition) is 0. The summed E-state index contributed by atoms with van der Waals surface area (Å²) in [6.45, 7) is 0.506. The van der Waals surface area contributed by atoms with Gasteiger partial charge in [-0.15, -0.1) is 0 Å². The van der Waals surface area contributed by atoms with Gasteiger partial charge >= 0.3 is 12.1 Å². The van der Waals surface area contributed by atoms with Crippen molar-refractivity contribution in [1.82, 2.24) is 4.90 Å². The van der Waals surface area contributed by atoms with E-state index in [1.165, 1.54) is 26.4 Å². The van der Waals surface area contributed by atoms with Crippen LogP contribution in [0.1, 0.15) is 24.0 Å². The molecule has 0 aromatic heterocycles. The Bertz CT molecular complexity index is 618. The number of thiocarbonyl (C=S) groups is 1. The Morgan fingerprint density at radius 3 is 2.61 bits per heavy atom. The fourth-order valence-electron chi connectivity index (χ4n) is 2.62. The van der Waals surface area contributed by atoms with Gasteiger partial charge in [-0.25, -0.2) is 4.79 Å². The maximum atomic E-state index is 13.1. The first-order valence-corrected chi connectivity index (χ1v) is 7.34. The summed E-state index contributed by atoms with van der Waals surface area (Å²) >= 11 is 5.30. The third-order valence-corrected chi connectivity index (χ3v) is 4.21. The molecule has 1 aliphatic rings. The Kier molecular flexibility index (Phi) is 5.13. The fourth-order valence-corrected chi connectivity index (χ4v) is 2.96. The summed E-state index contributed by atoms with van der Waals surface area (Å²) in [6.07, 6.45) is -3.26. The van der Waals surface area contributed by atoms with Crippen molar-refractivity contribution in [2.75, 3.05) is 20.8 Å². The SMILES string of the molecule is COC(=O)[C@H]1CCCN1C(=S)c1ccc(OC)c(C(F)(F)F)c1. The number of alkyl halides is 3. The average Bonchev–Trinajstić information content (AvgIpc) is 3.01. The lowest BCUT2D eigenvalue weighted by Gasteiger charge is -2.26. The number of carbonyl (C=O) groups is 1. The minimum absolute atomic E-state index is 0.200. The zero-order valence-electron chi connectivity index (χ0n) is 12.6. The molecule has 8 heteroatoms. The highest BCUT2D eigenvalue weighted by molar-refractivity contribution is 7.80. The van der Waals surface area contributed by atoms with E-state index in [9.17, 15) is 18.0 Å². The van der Waals surface area contributed by atoms with Gasteiger partial charge < -0.3 is 14.4 Å². The molecule has 0 unspecified atom stereocenters. The van der Waals surface area contributed by atoms with Crippen molar-refractivity contribution in [3.8, 4) is 5.75 Å². The minimum atomic E-state index is -4.55. The summed E-state index contributed by atoms with van der Waals surface area (Å²) in [7, 11) is 2.45. The molecule has 0 aliphatic carbocycles. The van der Waals surface area contributed by atoms with E-state index in [1.807, 2.05) is 0 Å². The molecule has 0 radical (unpaired) electrons. The quantitative estimate of drug-likeness (QED) is 0.621. The largest absolute Gasteiger partial charge is 0.496 e. The number of methoxy groups -OCH3 is 2. The number of esters is 1. The highest BCUT2D eigenvalue weighted by Gasteiger charge is 2.37. The van der Waals surface area contributed by atoms with E-state index in [0.29, 0.717) is 13.0 Å². The van der Waals surface area contributed by atoms with E-state index in [1.54, 1.807) is 4.90 Å². The van der Waals surface area contributed by atoms with Crippen LogP contribution in [-0.2, 0) is 15.7 Å². The zero-order valence-corrected chi connectivity index (χ0v) is 13.5. The lowest BCUT2D eigenvalue weighted by Crippen LogP contribution is -2.40. The van der Waals surface area contributed by atoms with E-state index in [4.69, 9.17) is 21.7 Å². The number of halogens is 3. The predicted octanol–water partition coefficient (Wildman–Crippen LogP) is 3.03. The van der Waals surface area contributed by atoms with E-state index in [2.05, 4.69) is 0 Å². The van der Waals surface area contributed by atoms with Crippen LogP contribution < -0.4 is 4.74 Å². The molecule has 1 fully saturated rings. The molecule has 1 aromatic carbocycles. The second-order valence-electron chi connectivity index (χ2n) is 5.09. The smallest absolute Gasteiger partial charge is 0.419 e. The molecule has 1 atom stereocenters. The van der Waals surface area contributed by atoms with Crippen molar-refractivity contribution in [3.05, 3.63) is 29.3 Å². The molecule has 0 amide bonds. The van der Waals surface area contributed by atoms with Crippen molar-refractivity contribution in [2.45, 2.75) is 25.1 Å². The minimum Gasteiger partial charge on any atom is -0.496 e. The molecule has 126 valence electrons. The Balaban J connectivity index is 2.34. The molecule has 4 nitrogen and oxygen atoms in total. The summed E-state index contributed by atoms with van der Waals surface area (Å²) in [4.78, 5) is 13.6. The maximum absolute atomic E-state index is 13.1. The van der Waals surface area contributed by atoms with Crippen LogP contribution in [0.15, 0.2) is 18.2 Å². The molecule has 1 saturated heterocycles. The number of ether oxygens (including phenoxy) is 2. The normalized spacial score (nSPS) is 18.0. The highest BCUT2D eigenvalue weighted by Crippen LogP contribution is 2.37. The van der Waals surface area contributed by atoms with Crippen LogP contribution in [0.5, 0.6) is 5.75 Å². The van der Waals surface area contributed by atoms with Crippen LogP contribution in [0.4, 0.5) is 13.2 Å². The molecule has 1 aromatic rings. The molecule has 23 heavy (non-hydrogen) atoms. The van der Waals surface area contributed by atoms with Crippen molar-refractivity contribution < 1.29 is 27.4 Å². The van der Waals surface area contributed by atoms with E-state index < -0.39 is 23.8 Å². The maximum Gasteiger partial charge on any atom is 0.419 e. The third kappa shape index (κ3) is 3.57. The first kappa shape index (κ1) is 17.5. The van der Waals surface area contributed by atoms with E-state index >= 15 is 0 Å². The van der Waals surface area contributed by atoms with Crippen molar-refractivity contribution in [3.63, 3.8) is 0 Å². The molecule has 0 spiro atoms. The van der Waals surface area contributed by atoms with Crippen LogP contribution >= 0.6 is 12.2 Å². The van der Waals surface area contributed by atoms with Gasteiger partial charge in [-0.3, -0.25) is 0 Å². The summed E-state index contributed by atoms with van der Waals surface area (Å²) < 4.78 is 48.8. The van der Waals surface area contributed by atoms with Crippen molar-refractivity contribution in [2.24, 2.45) is 0 Å². The molecular weight excluding hydrogens is 331 g/mol. The molecule has 0 bridgehead atoms. The van der Waals surface area contributed by atoms with Gasteiger partial charge in [0.2, 0.25) is 0 Å². The molecule has 0 N–H and O–H groups in total. The topological polar surface area (TPSA) is 38.8 Å². The average molecular weight is 347 g/mol. The van der Waals surface area contributed by atoms with Gasteiger partial charge in [-0.1, -0.05) is 12.2 Å². The van der Waals surface area contributed by atoms with Crippen molar-refractivity contribution in [1.29, 1.82) is 0 Å². The monoisotopic (exact) mass is 347 g/mol. The first-order valence-electron chi connectivity index (χ1n) is 6.93. The van der Waals surface area contributed by atoms with Gasteiger partial charge in [-0.2, -0.15) is 13.2 Å². The lowest BCUT2D eigenvalue weighted by atomic mass is 10.1. The van der Waals surface area contributed by atoms with Crippen molar-refractivity contribution >= 4 is 23.2 Å². The van der Waals surface area contributed by atoms with Crippen LogP contribution in [0, 0.1) is 0 Å². The Morgan fingerprint density at radius 2 is 2.04 bits per heavy atom. The van der Waals surface area contributed by atoms with Gasteiger partial charge in [-0.05, 0) is 31.0 Å². The molecule has 1 aliphatic heterocycles. The Labute approximate surface area is 137 Å². The summed E-state index contributed by atoms with van der Waals surface area (Å²) in [6, 6.07) is 3.09. The second kappa shape index (κ2) is 6.74. The van der Waals surface area contributed by atoms with Gasteiger partial charge in [0.25, 0.3) is 0 Å². The molecule has 0 saturated carbocycles. The van der Waals surface area contributed by atoms with Gasteiger partial charge in [0.1, 0.15) is 16.8 Å². The van der Waals surface area contributed by atoms with E-state index in [-0.39, 0.29) is 16.3 Å². The van der Waals surface area contributed by atoms with Crippen LogP contribution in [0.3, 0.4) is 0 Å². The molecular formula is C15H16F3NO3S. The van der Waals surface area contributed by atoms with Crippen LogP contribution in [-0.4, -0.2) is 42.7 Å². The fraction of sp³-hybridized carbons (Fsp3) is 0.467. The van der Waals surface area contributed by atoms with Crippen LogP contribution in [0.25, 0.3) is 0 Å².